The predicted octanol–water partition coefficient (Wildman–Crippen LogP) is 6.30. The summed E-state index contributed by atoms with van der Waals surface area (Å²) in [7, 11) is 0. The fourth-order valence-corrected chi connectivity index (χ4v) is 10.1. The molecule has 4 aliphatic rings. The van der Waals surface area contributed by atoms with Gasteiger partial charge in [-0.15, -0.1) is 0 Å². The first-order chi connectivity index (χ1) is 18.7. The Morgan fingerprint density at radius 2 is 1.48 bits per heavy atom. The van der Waals surface area contributed by atoms with Crippen LogP contribution in [0.15, 0.2) is 0 Å². The Hall–Kier alpha value is -1.92. The van der Waals surface area contributed by atoms with Crippen molar-refractivity contribution in [3.8, 4) is 0 Å². The van der Waals surface area contributed by atoms with Crippen molar-refractivity contribution in [3.05, 3.63) is 0 Å². The van der Waals surface area contributed by atoms with Gasteiger partial charge in [-0.2, -0.15) is 0 Å². The number of ether oxygens (including phenoxy) is 3. The molecule has 0 bridgehead atoms. The molecule has 4 fully saturated rings. The largest absolute Gasteiger partial charge is 0.463 e. The lowest BCUT2D eigenvalue weighted by Crippen LogP contribution is -2.57. The van der Waals surface area contributed by atoms with Gasteiger partial charge in [0.2, 0.25) is 0 Å². The second kappa shape index (κ2) is 11.8. The van der Waals surface area contributed by atoms with E-state index in [-0.39, 0.29) is 52.6 Å². The SMILES string of the molecule is CC(=O)OC1CC[C@@]2(C)[C@H](C1)C(=O)C[C@@H]1[C@@H]2CC[C@]2(C)[C@@H]([C@H](C)C(OC(C)=O)C(CC(C)C)OC(C)=O)CC[C@@H]12. The molecule has 0 aromatic heterocycles. The number of carbonyl (C=O) groups is 4. The number of carbonyl (C=O) groups excluding carboxylic acids is 4. The van der Waals surface area contributed by atoms with Crippen LogP contribution in [-0.4, -0.2) is 42.0 Å². The van der Waals surface area contributed by atoms with Gasteiger partial charge in [-0.05, 0) is 91.8 Å². The van der Waals surface area contributed by atoms with Gasteiger partial charge in [0.25, 0.3) is 0 Å². The fraction of sp³-hybridized carbons (Fsp3) is 0.879. The number of fused-ring (bicyclic) bond motifs is 5. The molecule has 0 aromatic carbocycles. The van der Waals surface area contributed by atoms with Crippen LogP contribution >= 0.6 is 0 Å². The standard InChI is InChI=1S/C33H52O7/c1-18(2)15-30(39-21(5)35)31(40-22(6)36)19(3)25-9-10-26-24-17-29(37)28-16-23(38-20(4)34)11-13-33(28,8)27(24)12-14-32(25,26)7/h18-19,23-28,30-31H,9-17H2,1-8H3/t19-,23?,24-,25+,26-,27-,28+,30?,31?,32+,33+/m0/s1. The third-order valence-electron chi connectivity index (χ3n) is 11.7. The van der Waals surface area contributed by atoms with Gasteiger partial charge in [0, 0.05) is 39.0 Å². The fourth-order valence-electron chi connectivity index (χ4n) is 10.1. The van der Waals surface area contributed by atoms with Crippen LogP contribution in [0.1, 0.15) is 113 Å². The van der Waals surface area contributed by atoms with Gasteiger partial charge in [-0.25, -0.2) is 0 Å². The van der Waals surface area contributed by atoms with Crippen molar-refractivity contribution in [2.45, 2.75) is 131 Å². The molecule has 226 valence electrons. The molecular weight excluding hydrogens is 508 g/mol. The lowest BCUT2D eigenvalue weighted by atomic mass is 9.44. The second-order valence-electron chi connectivity index (χ2n) is 14.6. The van der Waals surface area contributed by atoms with E-state index >= 15 is 0 Å². The molecule has 40 heavy (non-hydrogen) atoms. The molecule has 11 atom stereocenters. The number of Topliss-reactive ketones (excluding diaryl/α,β-unsaturated/α-hetero) is 1. The van der Waals surface area contributed by atoms with E-state index in [0.29, 0.717) is 48.7 Å². The first-order valence-corrected chi connectivity index (χ1v) is 15.7. The highest BCUT2D eigenvalue weighted by atomic mass is 16.6. The van der Waals surface area contributed by atoms with Crippen molar-refractivity contribution in [2.24, 2.45) is 52.3 Å². The highest BCUT2D eigenvalue weighted by Gasteiger charge is 2.63. The third kappa shape index (κ3) is 5.86. The third-order valence-corrected chi connectivity index (χ3v) is 11.7. The summed E-state index contributed by atoms with van der Waals surface area (Å²) in [6, 6.07) is 0. The zero-order valence-corrected chi connectivity index (χ0v) is 26.0. The van der Waals surface area contributed by atoms with E-state index in [4.69, 9.17) is 14.2 Å². The minimum absolute atomic E-state index is 0.0267. The van der Waals surface area contributed by atoms with Crippen LogP contribution in [0.25, 0.3) is 0 Å². The quantitative estimate of drug-likeness (QED) is 0.254. The van der Waals surface area contributed by atoms with Crippen LogP contribution in [0.3, 0.4) is 0 Å². The van der Waals surface area contributed by atoms with Crippen molar-refractivity contribution in [1.82, 2.24) is 0 Å². The van der Waals surface area contributed by atoms with E-state index < -0.39 is 12.2 Å². The molecule has 0 saturated heterocycles. The molecule has 0 radical (unpaired) electrons. The number of esters is 3. The molecule has 0 N–H and O–H groups in total. The zero-order valence-electron chi connectivity index (χ0n) is 26.0. The monoisotopic (exact) mass is 560 g/mol. The highest BCUT2D eigenvalue weighted by Crippen LogP contribution is 2.68. The Bertz CT molecular complexity index is 989. The lowest BCUT2D eigenvalue weighted by Gasteiger charge is -2.60. The zero-order chi connectivity index (χ0) is 29.6. The van der Waals surface area contributed by atoms with E-state index in [2.05, 4.69) is 34.6 Å². The van der Waals surface area contributed by atoms with Gasteiger partial charge in [-0.3, -0.25) is 19.2 Å². The number of rotatable bonds is 8. The van der Waals surface area contributed by atoms with E-state index in [1.165, 1.54) is 20.8 Å². The Labute approximate surface area is 240 Å². The lowest BCUT2D eigenvalue weighted by molar-refractivity contribution is -0.178. The average Bonchev–Trinajstić information content (AvgIpc) is 3.19. The molecule has 3 unspecified atom stereocenters. The summed E-state index contributed by atoms with van der Waals surface area (Å²) in [5, 5.41) is 0. The average molecular weight is 561 g/mol. The van der Waals surface area contributed by atoms with E-state index in [1.807, 2.05) is 0 Å². The normalized spacial score (nSPS) is 39.3. The summed E-state index contributed by atoms with van der Waals surface area (Å²) < 4.78 is 17.3. The van der Waals surface area contributed by atoms with E-state index in [1.54, 1.807) is 0 Å². The van der Waals surface area contributed by atoms with Crippen LogP contribution in [-0.2, 0) is 33.4 Å². The number of ketones is 1. The van der Waals surface area contributed by atoms with Gasteiger partial charge in [0.1, 0.15) is 24.1 Å². The van der Waals surface area contributed by atoms with Crippen molar-refractivity contribution < 1.29 is 33.4 Å². The van der Waals surface area contributed by atoms with E-state index in [0.717, 1.165) is 38.5 Å². The molecule has 4 aliphatic carbocycles. The Morgan fingerprint density at radius 1 is 0.850 bits per heavy atom. The smallest absolute Gasteiger partial charge is 0.303 e. The maximum absolute atomic E-state index is 13.7. The van der Waals surface area contributed by atoms with Crippen LogP contribution in [0.5, 0.6) is 0 Å². The van der Waals surface area contributed by atoms with Crippen LogP contribution < -0.4 is 0 Å². The highest BCUT2D eigenvalue weighted by molar-refractivity contribution is 5.83. The van der Waals surface area contributed by atoms with Gasteiger partial charge < -0.3 is 14.2 Å². The predicted molar refractivity (Wildman–Crippen MR) is 151 cm³/mol. The molecule has 0 heterocycles. The Balaban J connectivity index is 1.57. The Kier molecular flexibility index (Phi) is 9.12. The molecular formula is C33H52O7. The van der Waals surface area contributed by atoms with Gasteiger partial charge in [-0.1, -0.05) is 34.6 Å². The first-order valence-electron chi connectivity index (χ1n) is 15.7. The summed E-state index contributed by atoms with van der Waals surface area (Å²) in [5.74, 6) is 1.31. The van der Waals surface area contributed by atoms with Crippen molar-refractivity contribution in [3.63, 3.8) is 0 Å². The number of hydrogen-bond acceptors (Lipinski definition) is 7. The van der Waals surface area contributed by atoms with Crippen LogP contribution in [0, 0.1) is 52.3 Å². The van der Waals surface area contributed by atoms with E-state index in [9.17, 15) is 19.2 Å². The number of hydrogen-bond donors (Lipinski definition) is 0. The molecule has 0 spiro atoms. The van der Waals surface area contributed by atoms with Crippen LogP contribution in [0.2, 0.25) is 0 Å². The summed E-state index contributed by atoms with van der Waals surface area (Å²) >= 11 is 0. The van der Waals surface area contributed by atoms with Crippen molar-refractivity contribution >= 4 is 23.7 Å². The summed E-state index contributed by atoms with van der Waals surface area (Å²) in [5.41, 5.74) is -0.00431. The summed E-state index contributed by atoms with van der Waals surface area (Å²) in [6.07, 6.45) is 6.87. The summed E-state index contributed by atoms with van der Waals surface area (Å²) in [6.45, 7) is 15.4. The summed E-state index contributed by atoms with van der Waals surface area (Å²) in [4.78, 5) is 49.6. The molecule has 7 nitrogen and oxygen atoms in total. The topological polar surface area (TPSA) is 96.0 Å². The van der Waals surface area contributed by atoms with Gasteiger partial charge in [0.05, 0.1) is 0 Å². The van der Waals surface area contributed by atoms with Crippen molar-refractivity contribution in [1.29, 1.82) is 0 Å². The van der Waals surface area contributed by atoms with Crippen molar-refractivity contribution in [2.75, 3.05) is 0 Å². The minimum Gasteiger partial charge on any atom is -0.463 e. The van der Waals surface area contributed by atoms with Gasteiger partial charge in [0.15, 0.2) is 0 Å². The maximum atomic E-state index is 13.7. The molecule has 0 aromatic rings. The minimum atomic E-state index is -0.492. The molecule has 0 amide bonds. The van der Waals surface area contributed by atoms with Crippen LogP contribution in [0.4, 0.5) is 0 Å². The Morgan fingerprint density at radius 3 is 2.08 bits per heavy atom. The molecule has 4 saturated carbocycles. The van der Waals surface area contributed by atoms with Gasteiger partial charge >= 0.3 is 17.9 Å². The maximum Gasteiger partial charge on any atom is 0.303 e. The second-order valence-corrected chi connectivity index (χ2v) is 14.6. The molecule has 0 aliphatic heterocycles. The first kappa shape index (κ1) is 31.0. The molecule has 4 rings (SSSR count). The molecule has 7 heteroatoms.